The van der Waals surface area contributed by atoms with E-state index in [-0.39, 0.29) is 11.6 Å². The number of nitriles is 1. The number of benzene rings is 2. The van der Waals surface area contributed by atoms with Crippen LogP contribution in [-0.4, -0.2) is 51.4 Å². The van der Waals surface area contributed by atoms with Crippen molar-refractivity contribution in [1.82, 2.24) is 15.1 Å². The molecule has 1 aliphatic heterocycles. The van der Waals surface area contributed by atoms with Gasteiger partial charge in [0.1, 0.15) is 11.8 Å². The smallest absolute Gasteiger partial charge is 0.228 e. The lowest BCUT2D eigenvalue weighted by Gasteiger charge is -2.40. The van der Waals surface area contributed by atoms with Gasteiger partial charge in [0.25, 0.3) is 0 Å². The number of hydrogen-bond acceptors (Lipinski definition) is 6. The maximum absolute atomic E-state index is 13.4. The first-order chi connectivity index (χ1) is 15.4. The van der Waals surface area contributed by atoms with E-state index in [1.807, 2.05) is 30.3 Å². The van der Waals surface area contributed by atoms with Gasteiger partial charge in [0.15, 0.2) is 17.0 Å². The van der Waals surface area contributed by atoms with E-state index >= 15 is 0 Å². The first-order valence-corrected chi connectivity index (χ1v) is 10.3. The van der Waals surface area contributed by atoms with E-state index in [4.69, 9.17) is 4.74 Å². The van der Waals surface area contributed by atoms with Gasteiger partial charge in [-0.2, -0.15) is 10.4 Å². The lowest BCUT2D eigenvalue weighted by Crippen LogP contribution is -2.52. The highest BCUT2D eigenvalue weighted by atomic mass is 16.5. The SMILES string of the molecule is CN(C)C(=O)[C@H]1[C@@H](O)[C@@]2(O)c3[nH]ncc3O[C@@]2(c2ccc(C#N)cc2)[C@@H]1c1ccccc1. The number of aromatic amines is 1. The van der Waals surface area contributed by atoms with E-state index in [1.54, 1.807) is 38.4 Å². The van der Waals surface area contributed by atoms with E-state index in [1.165, 1.54) is 11.1 Å². The van der Waals surface area contributed by atoms with E-state index in [0.717, 1.165) is 5.56 Å². The minimum atomic E-state index is -1.98. The van der Waals surface area contributed by atoms with Gasteiger partial charge in [-0.15, -0.1) is 0 Å². The zero-order valence-electron chi connectivity index (χ0n) is 17.6. The molecule has 1 fully saturated rings. The van der Waals surface area contributed by atoms with Crippen LogP contribution in [0.2, 0.25) is 0 Å². The number of rotatable bonds is 3. The number of ether oxygens (including phenoxy) is 1. The van der Waals surface area contributed by atoms with Gasteiger partial charge >= 0.3 is 0 Å². The molecule has 1 amide bonds. The monoisotopic (exact) mass is 430 g/mol. The molecule has 8 nitrogen and oxygen atoms in total. The Kier molecular flexibility index (Phi) is 4.38. The fourth-order valence-corrected chi connectivity index (χ4v) is 5.35. The first kappa shape index (κ1) is 20.2. The quantitative estimate of drug-likeness (QED) is 0.580. The summed E-state index contributed by atoms with van der Waals surface area (Å²) in [4.78, 5) is 14.8. The summed E-state index contributed by atoms with van der Waals surface area (Å²) in [6.07, 6.45) is -0.0332. The Morgan fingerprint density at radius 3 is 2.50 bits per heavy atom. The van der Waals surface area contributed by atoms with E-state index in [2.05, 4.69) is 16.3 Å². The number of aliphatic hydroxyl groups excluding tert-OH is 1. The van der Waals surface area contributed by atoms with Crippen molar-refractivity contribution >= 4 is 5.91 Å². The topological polar surface area (TPSA) is 122 Å². The molecule has 8 heteroatoms. The number of carbonyl (C=O) groups is 1. The van der Waals surface area contributed by atoms with Crippen molar-refractivity contribution in [2.24, 2.45) is 5.92 Å². The highest BCUT2D eigenvalue weighted by Crippen LogP contribution is 2.68. The maximum Gasteiger partial charge on any atom is 0.228 e. The lowest BCUT2D eigenvalue weighted by molar-refractivity contribution is -0.157. The van der Waals surface area contributed by atoms with Crippen molar-refractivity contribution in [2.75, 3.05) is 14.1 Å². The van der Waals surface area contributed by atoms with Crippen LogP contribution in [0.4, 0.5) is 0 Å². The Bertz CT molecular complexity index is 1220. The van der Waals surface area contributed by atoms with Crippen molar-refractivity contribution in [3.05, 3.63) is 83.2 Å². The van der Waals surface area contributed by atoms with Gasteiger partial charge in [0.2, 0.25) is 5.91 Å². The van der Waals surface area contributed by atoms with Crippen molar-refractivity contribution < 1.29 is 19.7 Å². The number of nitrogens with one attached hydrogen (secondary N) is 1. The first-order valence-electron chi connectivity index (χ1n) is 10.3. The average molecular weight is 430 g/mol. The summed E-state index contributed by atoms with van der Waals surface area (Å²) >= 11 is 0. The summed E-state index contributed by atoms with van der Waals surface area (Å²) in [5.74, 6) is -1.74. The molecule has 2 heterocycles. The standard InChI is InChI=1S/C24H22N4O4/c1-28(2)22(30)18-19(15-6-4-3-5-7-15)24(16-10-8-14(12-25)9-11-16)23(31,21(18)29)20-17(32-24)13-26-27-20/h3-11,13,18-19,21,29,31H,1-2H3,(H,26,27)/t18-,19-,21-,23+,24+/m1/s1. The second-order valence-electron chi connectivity index (χ2n) is 8.49. The molecule has 0 unspecified atom stereocenters. The van der Waals surface area contributed by atoms with Crippen LogP contribution in [0.1, 0.15) is 28.3 Å². The summed E-state index contributed by atoms with van der Waals surface area (Å²) in [6, 6.07) is 18.0. The molecule has 0 radical (unpaired) electrons. The van der Waals surface area contributed by atoms with Gasteiger partial charge in [-0.05, 0) is 23.3 Å². The number of amides is 1. The number of nitrogens with zero attached hydrogens (tertiary/aromatic N) is 3. The molecular formula is C24H22N4O4. The predicted octanol–water partition coefficient (Wildman–Crippen LogP) is 1.62. The molecular weight excluding hydrogens is 408 g/mol. The van der Waals surface area contributed by atoms with Crippen molar-refractivity contribution in [2.45, 2.75) is 23.2 Å². The number of hydrogen-bond donors (Lipinski definition) is 3. The number of H-pyrrole nitrogens is 1. The van der Waals surface area contributed by atoms with Gasteiger partial charge in [-0.3, -0.25) is 9.89 Å². The highest BCUT2D eigenvalue weighted by Gasteiger charge is 2.78. The highest BCUT2D eigenvalue weighted by molar-refractivity contribution is 5.82. The zero-order chi connectivity index (χ0) is 22.7. The lowest BCUT2D eigenvalue weighted by atomic mass is 9.71. The van der Waals surface area contributed by atoms with Crippen LogP contribution in [0.25, 0.3) is 0 Å². The normalized spacial score (nSPS) is 30.2. The van der Waals surface area contributed by atoms with Crippen LogP contribution < -0.4 is 4.74 Å². The molecule has 0 saturated heterocycles. The van der Waals surface area contributed by atoms with E-state index < -0.39 is 29.1 Å². The molecule has 2 aromatic carbocycles. The van der Waals surface area contributed by atoms with Crippen LogP contribution in [0, 0.1) is 17.2 Å². The molecule has 5 atom stereocenters. The molecule has 2 aliphatic rings. The largest absolute Gasteiger partial charge is 0.475 e. The molecule has 162 valence electrons. The molecule has 5 rings (SSSR count). The van der Waals surface area contributed by atoms with Crippen LogP contribution in [-0.2, 0) is 16.0 Å². The molecule has 32 heavy (non-hydrogen) atoms. The summed E-state index contributed by atoms with van der Waals surface area (Å²) in [5, 5.41) is 39.8. The maximum atomic E-state index is 13.4. The Hall–Kier alpha value is -3.67. The van der Waals surface area contributed by atoms with Crippen LogP contribution in [0.5, 0.6) is 5.75 Å². The van der Waals surface area contributed by atoms with Gasteiger partial charge in [-0.25, -0.2) is 0 Å². The molecule has 1 aromatic heterocycles. The third kappa shape index (κ3) is 2.38. The van der Waals surface area contributed by atoms with Crippen LogP contribution in [0.15, 0.2) is 60.8 Å². The second kappa shape index (κ2) is 6.92. The van der Waals surface area contributed by atoms with Crippen LogP contribution >= 0.6 is 0 Å². The zero-order valence-corrected chi connectivity index (χ0v) is 17.6. The van der Waals surface area contributed by atoms with Crippen molar-refractivity contribution in [1.29, 1.82) is 5.26 Å². The van der Waals surface area contributed by atoms with E-state index in [9.17, 15) is 20.3 Å². The Morgan fingerprint density at radius 1 is 1.19 bits per heavy atom. The molecule has 3 N–H and O–H groups in total. The fraction of sp³-hybridized carbons (Fsp3) is 0.292. The summed E-state index contributed by atoms with van der Waals surface area (Å²) in [6.45, 7) is 0. The van der Waals surface area contributed by atoms with Gasteiger partial charge in [0, 0.05) is 20.0 Å². The number of fused-ring (bicyclic) bond motifs is 3. The Morgan fingerprint density at radius 2 is 1.88 bits per heavy atom. The van der Waals surface area contributed by atoms with Crippen LogP contribution in [0.3, 0.4) is 0 Å². The minimum Gasteiger partial charge on any atom is -0.475 e. The Labute approximate surface area is 184 Å². The number of aromatic nitrogens is 2. The molecule has 0 spiro atoms. The van der Waals surface area contributed by atoms with E-state index in [0.29, 0.717) is 16.9 Å². The third-order valence-corrected chi connectivity index (χ3v) is 6.72. The molecule has 1 aliphatic carbocycles. The molecule has 3 aromatic rings. The summed E-state index contributed by atoms with van der Waals surface area (Å²) in [5.41, 5.74) is -1.55. The number of aliphatic hydroxyl groups is 2. The fourth-order valence-electron chi connectivity index (χ4n) is 5.35. The molecule has 1 saturated carbocycles. The minimum absolute atomic E-state index is 0.226. The van der Waals surface area contributed by atoms with Gasteiger partial charge < -0.3 is 19.8 Å². The van der Waals surface area contributed by atoms with Crippen molar-refractivity contribution in [3.8, 4) is 11.8 Å². The predicted molar refractivity (Wildman–Crippen MR) is 113 cm³/mol. The number of carbonyl (C=O) groups excluding carboxylic acids is 1. The van der Waals surface area contributed by atoms with Gasteiger partial charge in [-0.1, -0.05) is 42.5 Å². The summed E-state index contributed by atoms with van der Waals surface area (Å²) < 4.78 is 6.46. The van der Waals surface area contributed by atoms with Gasteiger partial charge in [0.05, 0.1) is 23.7 Å². The molecule has 0 bridgehead atoms. The third-order valence-electron chi connectivity index (χ3n) is 6.72. The van der Waals surface area contributed by atoms with Crippen molar-refractivity contribution in [3.63, 3.8) is 0 Å². The Balaban J connectivity index is 1.84. The summed E-state index contributed by atoms with van der Waals surface area (Å²) in [7, 11) is 3.23. The average Bonchev–Trinajstić information content (AvgIpc) is 3.42. The second-order valence-corrected chi connectivity index (χ2v) is 8.49.